The summed E-state index contributed by atoms with van der Waals surface area (Å²) in [6.45, 7) is 0. The normalized spacial score (nSPS) is 17.8. The molecule has 0 N–H and O–H groups in total. The summed E-state index contributed by atoms with van der Waals surface area (Å²) in [7, 11) is -0.142. The maximum absolute atomic E-state index is 9.68. The van der Waals surface area contributed by atoms with Crippen molar-refractivity contribution in [2.45, 2.75) is 0 Å². The molecule has 0 aromatic heterocycles. The first-order valence-electron chi connectivity index (χ1n) is 1.39. The molecule has 0 aromatic carbocycles. The highest BCUT2D eigenvalue weighted by atomic mass is 32.2. The summed E-state index contributed by atoms with van der Waals surface area (Å²) in [5, 5.41) is 0. The van der Waals surface area contributed by atoms with Crippen molar-refractivity contribution >= 4 is 17.7 Å². The first-order chi connectivity index (χ1) is 2.27. The average molecular weight is 75.9 g/mol. The van der Waals surface area contributed by atoms with E-state index in [9.17, 15) is 4.21 Å². The lowest BCUT2D eigenvalue weighted by molar-refractivity contribution is 0.694. The molecular formula is CH4BOS. The number of hydrogen-bond donors (Lipinski definition) is 0. The van der Waals surface area contributed by atoms with E-state index < -0.39 is 10.7 Å². The monoisotopic (exact) mass is 76.0 g/mol. The van der Waals surface area contributed by atoms with E-state index in [1.807, 2.05) is 0 Å². The van der Waals surface area contributed by atoms with E-state index in [-0.39, 0.29) is 0 Å². The van der Waals surface area contributed by atoms with Gasteiger partial charge in [-0.25, -0.2) is 0 Å². The van der Waals surface area contributed by atoms with Gasteiger partial charge >= 0.3 is 0 Å². The molecule has 1 atom stereocenters. The highest BCUT2D eigenvalue weighted by Crippen LogP contribution is 1.44. The van der Waals surface area contributed by atoms with Gasteiger partial charge in [0, 0.05) is 6.26 Å². The van der Waals surface area contributed by atoms with E-state index in [0.717, 1.165) is 7.09 Å². The van der Waals surface area contributed by atoms with Crippen molar-refractivity contribution in [3.63, 3.8) is 0 Å². The second-order valence-corrected chi connectivity index (χ2v) is 1.50. The maximum Gasteiger partial charge on any atom is 0.215 e. The van der Waals surface area contributed by atoms with E-state index in [2.05, 4.69) is 0 Å². The van der Waals surface area contributed by atoms with Crippen molar-refractivity contribution in [3.05, 3.63) is 0 Å². The minimum Gasteiger partial charge on any atom is -0.273 e. The van der Waals surface area contributed by atoms with Crippen molar-refractivity contribution in [2.24, 2.45) is 0 Å². The first kappa shape index (κ1) is 2.45. The van der Waals surface area contributed by atoms with Crippen molar-refractivity contribution < 1.29 is 4.21 Å². The summed E-state index contributed by atoms with van der Waals surface area (Å²) in [5.41, 5.74) is 0. The van der Waals surface area contributed by atoms with Gasteiger partial charge in [0.2, 0.25) is 7.09 Å². The van der Waals surface area contributed by atoms with Crippen LogP contribution >= 0.6 is 0 Å². The van der Waals surface area contributed by atoms with Crippen LogP contribution in [-0.2, 0) is 10.7 Å². The summed E-state index contributed by atoms with van der Waals surface area (Å²) in [6, 6.07) is 0. The molecule has 0 amide bonds. The highest BCUT2D eigenvalue weighted by molar-refractivity contribution is 8.06. The smallest absolute Gasteiger partial charge is 0.215 e. The van der Waals surface area contributed by atoms with E-state index in [0.29, 0.717) is 0 Å². The van der Waals surface area contributed by atoms with Gasteiger partial charge in [-0.05, 0) is 12.0 Å². The van der Waals surface area contributed by atoms with Crippen LogP contribution in [0.25, 0.3) is 0 Å². The SMILES string of the molecule is [2H][B]S(C)=O. The van der Waals surface area contributed by atoms with Crippen molar-refractivity contribution in [1.82, 2.24) is 0 Å². The fraction of sp³-hybridized carbons (Fsp3) is 1.00. The largest absolute Gasteiger partial charge is 0.273 e. The van der Waals surface area contributed by atoms with E-state index >= 15 is 0 Å². The molecule has 0 bridgehead atoms. The zero-order valence-electron chi connectivity index (χ0n) is 3.39. The van der Waals surface area contributed by atoms with Gasteiger partial charge in [0.1, 0.15) is 0 Å². The molecule has 0 aliphatic heterocycles. The third-order valence-corrected chi connectivity index (χ3v) is 0. The Labute approximate surface area is 30.5 Å². The predicted octanol–water partition coefficient (Wildman–Crippen LogP) is -0.819. The van der Waals surface area contributed by atoms with E-state index in [4.69, 9.17) is 1.34 Å². The molecule has 0 saturated carbocycles. The second kappa shape index (κ2) is 1.53. The molecule has 23 valence electrons. The molecule has 0 aliphatic carbocycles. The third-order valence-electron chi connectivity index (χ3n) is 0. The molecule has 0 aliphatic rings. The minimum absolute atomic E-state index is 0.889. The molecule has 0 fully saturated rings. The van der Waals surface area contributed by atoms with Crippen molar-refractivity contribution in [1.29, 1.82) is 1.34 Å². The molecule has 0 rings (SSSR count). The van der Waals surface area contributed by atoms with Crippen molar-refractivity contribution in [3.8, 4) is 0 Å². The molecule has 1 unspecified atom stereocenters. The van der Waals surface area contributed by atoms with Gasteiger partial charge in [0.25, 0.3) is 0 Å². The van der Waals surface area contributed by atoms with Gasteiger partial charge < -0.3 is 0 Å². The Hall–Kier alpha value is 0.215. The Morgan fingerprint density at radius 1 is 2.50 bits per heavy atom. The topological polar surface area (TPSA) is 17.1 Å². The zero-order valence-corrected chi connectivity index (χ0v) is 3.21. The summed E-state index contributed by atoms with van der Waals surface area (Å²) >= 11 is 0. The van der Waals surface area contributed by atoms with Crippen LogP contribution in [-0.4, -0.2) is 18.9 Å². The lowest BCUT2D eigenvalue weighted by Gasteiger charge is -1.60. The Bertz CT molecular complexity index is 46.9. The van der Waals surface area contributed by atoms with Crippen LogP contribution in [0.5, 0.6) is 0 Å². The Balaban J connectivity index is 2.85. The van der Waals surface area contributed by atoms with Crippen LogP contribution in [0.15, 0.2) is 0 Å². The molecule has 0 saturated heterocycles. The van der Waals surface area contributed by atoms with Crippen LogP contribution in [0.2, 0.25) is 0 Å². The molecule has 0 aromatic rings. The van der Waals surface area contributed by atoms with Crippen molar-refractivity contribution in [2.75, 3.05) is 6.26 Å². The summed E-state index contributed by atoms with van der Waals surface area (Å²) in [5.74, 6) is 0. The quantitative estimate of drug-likeness (QED) is 0.373. The molecule has 0 heterocycles. The minimum atomic E-state index is -1.03. The Kier molecular flexibility index (Phi) is 0.935. The fourth-order valence-corrected chi connectivity index (χ4v) is 0. The van der Waals surface area contributed by atoms with Crippen LogP contribution in [0.1, 0.15) is 0 Å². The van der Waals surface area contributed by atoms with Gasteiger partial charge in [-0.2, -0.15) is 0 Å². The second-order valence-electron chi connectivity index (χ2n) is 0.499. The Morgan fingerprint density at radius 2 is 2.75 bits per heavy atom. The third kappa shape index (κ3) is 70.8. The molecule has 3 heteroatoms. The van der Waals surface area contributed by atoms with E-state index in [1.54, 1.807) is 0 Å². The van der Waals surface area contributed by atoms with Gasteiger partial charge in [-0.15, -0.1) is 0 Å². The maximum atomic E-state index is 9.68. The summed E-state index contributed by atoms with van der Waals surface area (Å²) in [4.78, 5) is 0. The zero-order chi connectivity index (χ0) is 4.28. The molecule has 1 radical (unpaired) electrons. The number of rotatable bonds is 1. The van der Waals surface area contributed by atoms with Gasteiger partial charge in [-0.1, -0.05) is 0 Å². The summed E-state index contributed by atoms with van der Waals surface area (Å²) < 4.78 is 15.9. The van der Waals surface area contributed by atoms with E-state index in [1.165, 1.54) is 6.26 Å². The fourth-order valence-electron chi connectivity index (χ4n) is 0. The van der Waals surface area contributed by atoms with Gasteiger partial charge in [0.15, 0.2) is 0 Å². The van der Waals surface area contributed by atoms with Gasteiger partial charge in [-0.3, -0.25) is 4.21 Å². The predicted molar refractivity (Wildman–Crippen MR) is 21.2 cm³/mol. The lowest BCUT2D eigenvalue weighted by atomic mass is 10.8. The highest BCUT2D eigenvalue weighted by Gasteiger charge is 1.59. The Morgan fingerprint density at radius 3 is 2.75 bits per heavy atom. The van der Waals surface area contributed by atoms with Crippen LogP contribution < -0.4 is 0 Å². The summed E-state index contributed by atoms with van der Waals surface area (Å²) in [6.07, 6.45) is 1.45. The van der Waals surface area contributed by atoms with Crippen LogP contribution in [0.4, 0.5) is 0 Å². The molecular weight excluding hydrogens is 70.9 g/mol. The van der Waals surface area contributed by atoms with Crippen LogP contribution in [0, 0.1) is 0 Å². The first-order valence-corrected chi connectivity index (χ1v) is 2.43. The average Bonchev–Trinajstić information content (AvgIpc) is 1.38. The van der Waals surface area contributed by atoms with Gasteiger partial charge in [0.05, 0.1) is 0 Å². The standard InChI is InChI=1S/CH4BOS/c1-4(2)3/h2H,1H3/i2D. The number of hydrogen-bond acceptors (Lipinski definition) is 1. The molecule has 1 nitrogen and oxygen atoms in total. The molecule has 4 heavy (non-hydrogen) atoms. The lowest BCUT2D eigenvalue weighted by Crippen LogP contribution is -1.74. The van der Waals surface area contributed by atoms with Crippen LogP contribution in [0.3, 0.4) is 0 Å². The molecule has 0 spiro atoms.